The van der Waals surface area contributed by atoms with Crippen LogP contribution in [0.1, 0.15) is 36.0 Å². The van der Waals surface area contributed by atoms with Crippen LogP contribution in [0, 0.1) is 19.7 Å². The number of rotatable bonds is 5. The van der Waals surface area contributed by atoms with Crippen molar-refractivity contribution in [1.82, 2.24) is 39.3 Å². The maximum absolute atomic E-state index is 15.0. The molecule has 35 heavy (non-hydrogen) atoms. The molecule has 0 aliphatic rings. The van der Waals surface area contributed by atoms with Crippen molar-refractivity contribution in [2.45, 2.75) is 38.9 Å². The van der Waals surface area contributed by atoms with Gasteiger partial charge in [-0.3, -0.25) is 14.6 Å². The summed E-state index contributed by atoms with van der Waals surface area (Å²) in [6.45, 7) is 3.58. The third-order valence-corrected chi connectivity index (χ3v) is 6.17. The van der Waals surface area contributed by atoms with Gasteiger partial charge in [0.25, 0.3) is 0 Å². The Labute approximate surface area is 197 Å². The number of nitrogens with zero attached hydrogens (tertiary/aromatic N) is 8. The topological polar surface area (TPSA) is 79.2 Å². The Bertz CT molecular complexity index is 1540. The Balaban J connectivity index is 1.84. The van der Waals surface area contributed by atoms with E-state index in [0.717, 1.165) is 5.69 Å². The summed E-state index contributed by atoms with van der Waals surface area (Å²) < 4.78 is 60.0. The number of halogens is 4. The number of aryl methyl sites for hydroxylation is 4. The van der Waals surface area contributed by atoms with Crippen LogP contribution in [0.15, 0.2) is 30.6 Å². The lowest BCUT2D eigenvalue weighted by molar-refractivity contribution is -0.136. The minimum Gasteiger partial charge on any atom is -0.327 e. The first kappa shape index (κ1) is 22.9. The van der Waals surface area contributed by atoms with Gasteiger partial charge in [0, 0.05) is 38.5 Å². The second kappa shape index (κ2) is 8.14. The van der Waals surface area contributed by atoms with Crippen molar-refractivity contribution in [3.05, 3.63) is 53.5 Å². The molecule has 0 saturated heterocycles. The predicted octanol–water partition coefficient (Wildman–Crippen LogP) is 4.80. The second-order valence-electron chi connectivity index (χ2n) is 8.56. The summed E-state index contributed by atoms with van der Waals surface area (Å²) in [5, 5.41) is 12.6. The van der Waals surface area contributed by atoms with Crippen LogP contribution in [0.3, 0.4) is 0 Å². The normalized spacial score (nSPS) is 13.3. The average Bonchev–Trinajstić information content (AvgIpc) is 3.40. The third kappa shape index (κ3) is 3.82. The SMILES string of the molecule is Cc1nnn(C)c1-c1cnc2c3c(c(C)nn3C)n(C(CCC(F)(F)F)c3ncccc3F)c2c1. The number of aromatic nitrogens is 8. The minimum absolute atomic E-state index is 0.0670. The molecule has 5 rings (SSSR count). The van der Waals surface area contributed by atoms with Gasteiger partial charge in [0.2, 0.25) is 0 Å². The van der Waals surface area contributed by atoms with Crippen molar-refractivity contribution in [2.24, 2.45) is 14.1 Å². The Kier molecular flexibility index (Phi) is 5.33. The molecule has 12 heteroatoms. The summed E-state index contributed by atoms with van der Waals surface area (Å²) in [6, 6.07) is 3.41. The Morgan fingerprint density at radius 2 is 1.80 bits per heavy atom. The van der Waals surface area contributed by atoms with Crippen LogP contribution in [0.2, 0.25) is 0 Å². The first-order valence-electron chi connectivity index (χ1n) is 10.9. The number of hydrogen-bond acceptors (Lipinski definition) is 5. The molecule has 0 spiro atoms. The standard InChI is InChI=1S/C23H22F4N8/c1-12-20(34(4)32-30-12)14-10-17-19(29-11-14)22-21(13(2)31-33(22)3)35(17)16(7-8-23(25,26)27)18-15(24)6-5-9-28-18/h5-6,9-11,16H,7-8H2,1-4H3. The van der Waals surface area contributed by atoms with Crippen LogP contribution in [0.4, 0.5) is 17.6 Å². The molecule has 1 unspecified atom stereocenters. The molecule has 182 valence electrons. The molecule has 5 aromatic rings. The smallest absolute Gasteiger partial charge is 0.327 e. The van der Waals surface area contributed by atoms with Gasteiger partial charge in [-0.15, -0.1) is 5.10 Å². The van der Waals surface area contributed by atoms with Crippen LogP contribution < -0.4 is 0 Å². The fourth-order valence-corrected chi connectivity index (χ4v) is 4.78. The van der Waals surface area contributed by atoms with E-state index in [-0.39, 0.29) is 5.69 Å². The summed E-state index contributed by atoms with van der Waals surface area (Å²) >= 11 is 0. The summed E-state index contributed by atoms with van der Waals surface area (Å²) in [5.74, 6) is -0.674. The van der Waals surface area contributed by atoms with Gasteiger partial charge >= 0.3 is 6.18 Å². The molecule has 1 atom stereocenters. The summed E-state index contributed by atoms with van der Waals surface area (Å²) in [4.78, 5) is 8.81. The van der Waals surface area contributed by atoms with E-state index in [1.54, 1.807) is 41.1 Å². The Morgan fingerprint density at radius 1 is 1.03 bits per heavy atom. The van der Waals surface area contributed by atoms with E-state index in [4.69, 9.17) is 0 Å². The average molecular weight is 486 g/mol. The molecular weight excluding hydrogens is 464 g/mol. The number of hydrogen-bond donors (Lipinski definition) is 0. The van der Waals surface area contributed by atoms with Gasteiger partial charge in [0.05, 0.1) is 39.9 Å². The zero-order valence-electron chi connectivity index (χ0n) is 19.5. The molecule has 0 aromatic carbocycles. The largest absolute Gasteiger partial charge is 0.389 e. The lowest BCUT2D eigenvalue weighted by Crippen LogP contribution is -2.18. The highest BCUT2D eigenvalue weighted by Crippen LogP contribution is 2.39. The summed E-state index contributed by atoms with van der Waals surface area (Å²) in [5.41, 5.74) is 4.95. The first-order chi connectivity index (χ1) is 16.6. The van der Waals surface area contributed by atoms with E-state index < -0.39 is 30.9 Å². The molecular formula is C23H22F4N8. The van der Waals surface area contributed by atoms with E-state index >= 15 is 0 Å². The van der Waals surface area contributed by atoms with Crippen molar-refractivity contribution >= 4 is 22.1 Å². The summed E-state index contributed by atoms with van der Waals surface area (Å²) in [6.07, 6.45) is -2.87. The highest BCUT2D eigenvalue weighted by atomic mass is 19.4. The monoisotopic (exact) mass is 486 g/mol. The fourth-order valence-electron chi connectivity index (χ4n) is 4.78. The van der Waals surface area contributed by atoms with E-state index in [1.165, 1.54) is 18.3 Å². The van der Waals surface area contributed by atoms with Gasteiger partial charge in [-0.05, 0) is 38.5 Å². The van der Waals surface area contributed by atoms with E-state index in [0.29, 0.717) is 39.0 Å². The lowest BCUT2D eigenvalue weighted by Gasteiger charge is -2.22. The molecule has 5 aromatic heterocycles. The third-order valence-electron chi connectivity index (χ3n) is 6.17. The molecule has 0 saturated carbocycles. The second-order valence-corrected chi connectivity index (χ2v) is 8.56. The summed E-state index contributed by atoms with van der Waals surface area (Å²) in [7, 11) is 3.49. The first-order valence-corrected chi connectivity index (χ1v) is 10.9. The number of alkyl halides is 3. The van der Waals surface area contributed by atoms with Crippen LogP contribution in [0.25, 0.3) is 33.3 Å². The van der Waals surface area contributed by atoms with Crippen LogP contribution in [-0.2, 0) is 14.1 Å². The predicted molar refractivity (Wildman–Crippen MR) is 121 cm³/mol. The highest BCUT2D eigenvalue weighted by molar-refractivity contribution is 6.05. The van der Waals surface area contributed by atoms with Crippen LogP contribution in [-0.4, -0.2) is 45.5 Å². The molecule has 0 aliphatic heterocycles. The number of fused-ring (bicyclic) bond motifs is 3. The highest BCUT2D eigenvalue weighted by Gasteiger charge is 2.33. The lowest BCUT2D eigenvalue weighted by atomic mass is 10.0. The molecule has 5 heterocycles. The van der Waals surface area contributed by atoms with E-state index in [2.05, 4.69) is 25.4 Å². The Hall–Kier alpha value is -3.83. The van der Waals surface area contributed by atoms with Crippen molar-refractivity contribution in [3.8, 4) is 11.3 Å². The molecule has 0 radical (unpaired) electrons. The van der Waals surface area contributed by atoms with Gasteiger partial charge in [-0.25, -0.2) is 9.07 Å². The van der Waals surface area contributed by atoms with Gasteiger partial charge in [0.15, 0.2) is 0 Å². The fraction of sp³-hybridized carbons (Fsp3) is 0.348. The molecule has 0 aliphatic carbocycles. The maximum Gasteiger partial charge on any atom is 0.389 e. The molecule has 0 N–H and O–H groups in total. The molecule has 0 fully saturated rings. The number of pyridine rings is 2. The van der Waals surface area contributed by atoms with Crippen LogP contribution in [0.5, 0.6) is 0 Å². The quantitative estimate of drug-likeness (QED) is 0.334. The molecule has 0 amide bonds. The van der Waals surface area contributed by atoms with Gasteiger partial charge in [0.1, 0.15) is 16.9 Å². The van der Waals surface area contributed by atoms with Crippen molar-refractivity contribution < 1.29 is 17.6 Å². The maximum atomic E-state index is 15.0. The van der Waals surface area contributed by atoms with Gasteiger partial charge in [-0.2, -0.15) is 18.3 Å². The van der Waals surface area contributed by atoms with Crippen molar-refractivity contribution in [3.63, 3.8) is 0 Å². The van der Waals surface area contributed by atoms with E-state index in [9.17, 15) is 17.6 Å². The van der Waals surface area contributed by atoms with Crippen molar-refractivity contribution in [1.29, 1.82) is 0 Å². The zero-order valence-corrected chi connectivity index (χ0v) is 19.5. The Morgan fingerprint density at radius 3 is 2.46 bits per heavy atom. The molecule has 0 bridgehead atoms. The van der Waals surface area contributed by atoms with Gasteiger partial charge in [-0.1, -0.05) is 5.21 Å². The van der Waals surface area contributed by atoms with Crippen molar-refractivity contribution in [2.75, 3.05) is 0 Å². The minimum atomic E-state index is -4.42. The van der Waals surface area contributed by atoms with Gasteiger partial charge < -0.3 is 4.57 Å². The van der Waals surface area contributed by atoms with Crippen LogP contribution >= 0.6 is 0 Å². The molecule has 8 nitrogen and oxygen atoms in total. The zero-order chi connectivity index (χ0) is 25.1. The van der Waals surface area contributed by atoms with E-state index in [1.807, 2.05) is 13.0 Å².